The zero-order valence-corrected chi connectivity index (χ0v) is 11.7. The number of nitrogens with two attached hydrogens (primary N) is 1. The topological polar surface area (TPSA) is 102 Å². The molecular weight excluding hydrogens is 280 g/mol. The molecule has 0 radical (unpaired) electrons. The van der Waals surface area contributed by atoms with Gasteiger partial charge < -0.3 is 15.2 Å². The van der Waals surface area contributed by atoms with Crippen molar-refractivity contribution in [3.63, 3.8) is 0 Å². The summed E-state index contributed by atoms with van der Waals surface area (Å²) in [5.41, 5.74) is 5.30. The molecule has 1 aromatic carbocycles. The Balaban J connectivity index is 2.01. The monoisotopic (exact) mass is 294 g/mol. The molecule has 1 aromatic rings. The molecule has 2 N–H and O–H groups in total. The smallest absolute Gasteiger partial charge is 0.231 e. The van der Waals surface area contributed by atoms with Crippen LogP contribution in [0.2, 0.25) is 0 Å². The molecule has 1 heterocycles. The molecule has 3 atom stereocenters. The summed E-state index contributed by atoms with van der Waals surface area (Å²) in [6.07, 6.45) is 0. The average molecular weight is 294 g/mol. The minimum Gasteiger partial charge on any atom is -0.454 e. The van der Waals surface area contributed by atoms with Crippen molar-refractivity contribution in [2.75, 3.05) is 12.5 Å². The standard InChI is InChI=1S/C13H14N2O4S/c1-2-20(16,17)12-11(13(12,15)6-14)8-3-4-9-10(5-8)19-7-18-9/h3-5,11-12H,2,7,15H2,1H3/t11-,12+,13-/m0/s1. The van der Waals surface area contributed by atoms with Crippen LogP contribution in [0.3, 0.4) is 0 Å². The molecule has 3 rings (SSSR count). The van der Waals surface area contributed by atoms with E-state index in [1.165, 1.54) is 0 Å². The number of nitriles is 1. The summed E-state index contributed by atoms with van der Waals surface area (Å²) in [5, 5.41) is 8.37. The molecular formula is C13H14N2O4S. The van der Waals surface area contributed by atoms with Crippen LogP contribution in [0.25, 0.3) is 0 Å². The minimum absolute atomic E-state index is 0.0284. The van der Waals surface area contributed by atoms with Gasteiger partial charge in [-0.1, -0.05) is 13.0 Å². The fourth-order valence-electron chi connectivity index (χ4n) is 2.75. The number of sulfone groups is 1. The molecule has 1 saturated carbocycles. The lowest BCUT2D eigenvalue weighted by atomic mass is 10.1. The van der Waals surface area contributed by atoms with Gasteiger partial charge in [0.2, 0.25) is 6.79 Å². The molecule has 0 bridgehead atoms. The van der Waals surface area contributed by atoms with Crippen LogP contribution in [-0.4, -0.2) is 31.8 Å². The second-order valence-corrected chi connectivity index (χ2v) is 7.42. The first-order chi connectivity index (χ1) is 9.44. The Morgan fingerprint density at radius 2 is 2.15 bits per heavy atom. The summed E-state index contributed by atoms with van der Waals surface area (Å²) in [7, 11) is -3.38. The van der Waals surface area contributed by atoms with E-state index in [-0.39, 0.29) is 12.5 Å². The number of ether oxygens (including phenoxy) is 2. The van der Waals surface area contributed by atoms with Gasteiger partial charge in [0.15, 0.2) is 21.3 Å². The fraction of sp³-hybridized carbons (Fsp3) is 0.462. The molecule has 0 unspecified atom stereocenters. The number of benzene rings is 1. The van der Waals surface area contributed by atoms with Crippen molar-refractivity contribution in [1.29, 1.82) is 5.26 Å². The average Bonchev–Trinajstić information content (AvgIpc) is 2.83. The second-order valence-electron chi connectivity index (χ2n) is 5.01. The molecule has 1 aliphatic carbocycles. The molecule has 2 aliphatic rings. The Labute approximate surface area is 117 Å². The highest BCUT2D eigenvalue weighted by atomic mass is 32.2. The van der Waals surface area contributed by atoms with Crippen LogP contribution < -0.4 is 15.2 Å². The van der Waals surface area contributed by atoms with E-state index in [1.54, 1.807) is 25.1 Å². The Bertz CT molecular complexity index is 710. The van der Waals surface area contributed by atoms with E-state index >= 15 is 0 Å². The van der Waals surface area contributed by atoms with E-state index in [0.717, 1.165) is 0 Å². The first-order valence-corrected chi connectivity index (χ1v) is 7.97. The Morgan fingerprint density at radius 3 is 2.80 bits per heavy atom. The van der Waals surface area contributed by atoms with E-state index in [1.807, 2.05) is 6.07 Å². The van der Waals surface area contributed by atoms with Gasteiger partial charge >= 0.3 is 0 Å². The molecule has 0 aromatic heterocycles. The van der Waals surface area contributed by atoms with E-state index < -0.39 is 26.5 Å². The van der Waals surface area contributed by atoms with Crippen molar-refractivity contribution in [2.45, 2.75) is 23.6 Å². The molecule has 0 amide bonds. The van der Waals surface area contributed by atoms with Gasteiger partial charge in [0.25, 0.3) is 0 Å². The van der Waals surface area contributed by atoms with Crippen molar-refractivity contribution in [3.8, 4) is 17.6 Å². The van der Waals surface area contributed by atoms with Gasteiger partial charge in [-0.15, -0.1) is 0 Å². The maximum Gasteiger partial charge on any atom is 0.231 e. The minimum atomic E-state index is -3.38. The van der Waals surface area contributed by atoms with Gasteiger partial charge in [-0.25, -0.2) is 8.42 Å². The zero-order valence-electron chi connectivity index (χ0n) is 10.9. The number of fused-ring (bicyclic) bond motifs is 1. The number of hydrogen-bond acceptors (Lipinski definition) is 6. The lowest BCUT2D eigenvalue weighted by Crippen LogP contribution is -2.29. The molecule has 106 valence electrons. The van der Waals surface area contributed by atoms with E-state index in [2.05, 4.69) is 0 Å². The molecule has 6 nitrogen and oxygen atoms in total. The van der Waals surface area contributed by atoms with Crippen LogP contribution in [0.1, 0.15) is 18.4 Å². The Hall–Kier alpha value is -1.78. The first kappa shape index (κ1) is 13.2. The highest BCUT2D eigenvalue weighted by molar-refractivity contribution is 7.92. The summed E-state index contributed by atoms with van der Waals surface area (Å²) in [4.78, 5) is 0. The van der Waals surface area contributed by atoms with E-state index in [0.29, 0.717) is 17.1 Å². The van der Waals surface area contributed by atoms with Gasteiger partial charge in [0, 0.05) is 11.7 Å². The predicted octanol–water partition coefficient (Wildman–Crippen LogP) is 0.537. The summed E-state index contributed by atoms with van der Waals surface area (Å²) in [5.74, 6) is 0.623. The summed E-state index contributed by atoms with van der Waals surface area (Å²) in [6.45, 7) is 1.70. The lowest BCUT2D eigenvalue weighted by Gasteiger charge is -2.02. The fourth-order valence-corrected chi connectivity index (χ4v) is 4.62. The predicted molar refractivity (Wildman–Crippen MR) is 71.1 cm³/mol. The van der Waals surface area contributed by atoms with Crippen LogP contribution in [0.4, 0.5) is 0 Å². The van der Waals surface area contributed by atoms with Crippen molar-refractivity contribution in [1.82, 2.24) is 0 Å². The third-order valence-electron chi connectivity index (χ3n) is 3.92. The van der Waals surface area contributed by atoms with Crippen LogP contribution in [0.15, 0.2) is 18.2 Å². The molecule has 0 saturated heterocycles. The highest BCUT2D eigenvalue weighted by Crippen LogP contribution is 2.55. The number of nitrogens with zero attached hydrogens (tertiary/aromatic N) is 1. The summed E-state index contributed by atoms with van der Waals surface area (Å²) < 4.78 is 34.6. The summed E-state index contributed by atoms with van der Waals surface area (Å²) >= 11 is 0. The maximum atomic E-state index is 12.1. The SMILES string of the molecule is CCS(=O)(=O)[C@@H]1[C@H](c2ccc3c(c2)OCO3)[C@@]1(N)C#N. The van der Waals surface area contributed by atoms with Crippen LogP contribution in [0.5, 0.6) is 11.5 Å². The maximum absolute atomic E-state index is 12.1. The van der Waals surface area contributed by atoms with Crippen molar-refractivity contribution < 1.29 is 17.9 Å². The normalized spacial score (nSPS) is 30.9. The van der Waals surface area contributed by atoms with Gasteiger partial charge in [0.1, 0.15) is 10.8 Å². The number of rotatable bonds is 3. The second kappa shape index (κ2) is 4.11. The molecule has 0 spiro atoms. The van der Waals surface area contributed by atoms with Gasteiger partial charge in [-0.2, -0.15) is 5.26 Å². The molecule has 1 fully saturated rings. The quantitative estimate of drug-likeness (QED) is 0.872. The Kier molecular flexibility index (Phi) is 2.71. The summed E-state index contributed by atoms with van der Waals surface area (Å²) in [6, 6.07) is 7.10. The van der Waals surface area contributed by atoms with E-state index in [9.17, 15) is 13.7 Å². The third kappa shape index (κ3) is 1.69. The molecule has 7 heteroatoms. The van der Waals surface area contributed by atoms with Crippen molar-refractivity contribution >= 4 is 9.84 Å². The highest BCUT2D eigenvalue weighted by Gasteiger charge is 2.69. The van der Waals surface area contributed by atoms with Crippen LogP contribution in [-0.2, 0) is 9.84 Å². The molecule has 20 heavy (non-hydrogen) atoms. The van der Waals surface area contributed by atoms with E-state index in [4.69, 9.17) is 15.2 Å². The van der Waals surface area contributed by atoms with Crippen molar-refractivity contribution in [2.24, 2.45) is 5.73 Å². The largest absolute Gasteiger partial charge is 0.454 e. The van der Waals surface area contributed by atoms with Crippen molar-refractivity contribution in [3.05, 3.63) is 23.8 Å². The van der Waals surface area contributed by atoms with Crippen LogP contribution in [0, 0.1) is 11.3 Å². The first-order valence-electron chi connectivity index (χ1n) is 6.25. The third-order valence-corrected chi connectivity index (χ3v) is 6.16. The van der Waals surface area contributed by atoms with Gasteiger partial charge in [0.05, 0.1) is 6.07 Å². The molecule has 1 aliphatic heterocycles. The number of hydrogen-bond donors (Lipinski definition) is 1. The van der Waals surface area contributed by atoms with Gasteiger partial charge in [-0.05, 0) is 17.7 Å². The Morgan fingerprint density at radius 1 is 1.45 bits per heavy atom. The zero-order chi connectivity index (χ0) is 14.5. The van der Waals surface area contributed by atoms with Crippen LogP contribution >= 0.6 is 0 Å². The lowest BCUT2D eigenvalue weighted by molar-refractivity contribution is 0.174. The van der Waals surface area contributed by atoms with Gasteiger partial charge in [-0.3, -0.25) is 0 Å².